The SMILES string of the molecule is c1ccc(-c2ccc(N(c3ccc(-c4cccc5ccccc45)cc3)c3ccc4c(c3)oc3c5ccccc5cc(-c5ccccc5)c43)cc2)cc1. The predicted octanol–water partition coefficient (Wildman–Crippen LogP) is 14.4. The van der Waals surface area contributed by atoms with Gasteiger partial charge in [-0.2, -0.15) is 0 Å². The molecule has 2 nitrogen and oxygen atoms in total. The van der Waals surface area contributed by atoms with Crippen LogP contribution in [0, 0.1) is 0 Å². The molecule has 0 N–H and O–H groups in total. The second-order valence-corrected chi connectivity index (χ2v) is 13.3. The minimum Gasteiger partial charge on any atom is -0.455 e. The maximum atomic E-state index is 6.86. The number of anilines is 3. The number of rotatable bonds is 6. The molecule has 0 fully saturated rings. The molecule has 0 spiro atoms. The summed E-state index contributed by atoms with van der Waals surface area (Å²) in [5.74, 6) is 0. The number of nitrogens with zero attached hydrogens (tertiary/aromatic N) is 1. The first-order valence-electron chi connectivity index (χ1n) is 17.8. The molecule has 0 radical (unpaired) electrons. The van der Waals surface area contributed by atoms with Gasteiger partial charge in [0.2, 0.25) is 0 Å². The Morgan fingerprint density at radius 2 is 0.865 bits per heavy atom. The summed E-state index contributed by atoms with van der Waals surface area (Å²) in [7, 11) is 0. The van der Waals surface area contributed by atoms with E-state index in [9.17, 15) is 0 Å². The quantitative estimate of drug-likeness (QED) is 0.176. The second-order valence-electron chi connectivity index (χ2n) is 13.3. The zero-order valence-corrected chi connectivity index (χ0v) is 28.4. The van der Waals surface area contributed by atoms with Crippen LogP contribution in [0.3, 0.4) is 0 Å². The van der Waals surface area contributed by atoms with E-state index in [2.05, 4.69) is 205 Å². The summed E-state index contributed by atoms with van der Waals surface area (Å²) in [6.07, 6.45) is 0. The normalized spacial score (nSPS) is 11.5. The van der Waals surface area contributed by atoms with Crippen LogP contribution in [0.1, 0.15) is 0 Å². The van der Waals surface area contributed by atoms with Crippen molar-refractivity contribution >= 4 is 60.5 Å². The first-order chi connectivity index (χ1) is 25.8. The fourth-order valence-corrected chi connectivity index (χ4v) is 7.73. The van der Waals surface area contributed by atoms with Crippen molar-refractivity contribution in [2.75, 3.05) is 4.90 Å². The van der Waals surface area contributed by atoms with Crippen LogP contribution in [0.2, 0.25) is 0 Å². The van der Waals surface area contributed by atoms with E-state index in [1.807, 2.05) is 0 Å². The van der Waals surface area contributed by atoms with Gasteiger partial charge in [-0.1, -0.05) is 152 Å². The predicted molar refractivity (Wildman–Crippen MR) is 220 cm³/mol. The van der Waals surface area contributed by atoms with Crippen LogP contribution in [-0.4, -0.2) is 0 Å². The maximum Gasteiger partial charge on any atom is 0.143 e. The molecule has 244 valence electrons. The molecule has 0 aliphatic rings. The summed E-state index contributed by atoms with van der Waals surface area (Å²) >= 11 is 0. The van der Waals surface area contributed by atoms with Gasteiger partial charge in [0.15, 0.2) is 0 Å². The Hall–Kier alpha value is -6.90. The molecule has 0 saturated carbocycles. The molecule has 0 saturated heterocycles. The lowest BCUT2D eigenvalue weighted by Gasteiger charge is -2.26. The van der Waals surface area contributed by atoms with Crippen molar-refractivity contribution in [2.24, 2.45) is 0 Å². The topological polar surface area (TPSA) is 16.4 Å². The molecular weight excluding hydrogens is 631 g/mol. The molecule has 0 aliphatic carbocycles. The van der Waals surface area contributed by atoms with E-state index < -0.39 is 0 Å². The fraction of sp³-hybridized carbons (Fsp3) is 0. The third-order valence-electron chi connectivity index (χ3n) is 10.2. The highest BCUT2D eigenvalue weighted by Gasteiger charge is 2.19. The Kier molecular flexibility index (Phi) is 7.18. The number of hydrogen-bond donors (Lipinski definition) is 0. The lowest BCUT2D eigenvalue weighted by Crippen LogP contribution is -2.09. The van der Waals surface area contributed by atoms with E-state index in [-0.39, 0.29) is 0 Å². The molecule has 0 atom stereocenters. The van der Waals surface area contributed by atoms with Crippen LogP contribution < -0.4 is 4.90 Å². The lowest BCUT2D eigenvalue weighted by atomic mass is 9.95. The van der Waals surface area contributed by atoms with Crippen molar-refractivity contribution in [3.05, 3.63) is 200 Å². The summed E-state index contributed by atoms with van der Waals surface area (Å²) in [6.45, 7) is 0. The molecule has 0 aliphatic heterocycles. The number of furan rings is 1. The number of benzene rings is 9. The summed E-state index contributed by atoms with van der Waals surface area (Å²) in [4.78, 5) is 2.32. The van der Waals surface area contributed by atoms with Crippen LogP contribution in [0.4, 0.5) is 17.1 Å². The van der Waals surface area contributed by atoms with Crippen LogP contribution >= 0.6 is 0 Å². The average Bonchev–Trinajstić information content (AvgIpc) is 3.61. The smallest absolute Gasteiger partial charge is 0.143 e. The molecule has 2 heteroatoms. The minimum atomic E-state index is 0.860. The zero-order chi connectivity index (χ0) is 34.4. The van der Waals surface area contributed by atoms with Gasteiger partial charge in [0.1, 0.15) is 11.2 Å². The Bertz CT molecular complexity index is 2870. The van der Waals surface area contributed by atoms with Gasteiger partial charge in [0.05, 0.1) is 0 Å². The standard InChI is InChI=1S/C50H33NO/c1-3-12-34(13-4-1)35-22-26-40(27-23-35)51(41-28-24-38(25-29-41)44-21-11-18-36-16-7-9-19-43(36)44)42-30-31-46-48(33-42)52-50-45-20-10-8-17-39(45)32-47(49(46)50)37-14-5-2-6-15-37/h1-33H. The first kappa shape index (κ1) is 30.0. The minimum absolute atomic E-state index is 0.860. The molecule has 0 amide bonds. The van der Waals surface area contributed by atoms with Crippen LogP contribution in [0.5, 0.6) is 0 Å². The van der Waals surface area contributed by atoms with Gasteiger partial charge >= 0.3 is 0 Å². The zero-order valence-electron chi connectivity index (χ0n) is 28.4. The van der Waals surface area contributed by atoms with Gasteiger partial charge in [-0.25, -0.2) is 0 Å². The van der Waals surface area contributed by atoms with E-state index in [0.29, 0.717) is 0 Å². The van der Waals surface area contributed by atoms with Crippen LogP contribution in [0.15, 0.2) is 205 Å². The average molecular weight is 664 g/mol. The summed E-state index contributed by atoms with van der Waals surface area (Å²) in [5, 5.41) is 7.03. The third-order valence-corrected chi connectivity index (χ3v) is 10.2. The summed E-state index contributed by atoms with van der Waals surface area (Å²) in [6, 6.07) is 71.5. The molecule has 0 unspecified atom stereocenters. The summed E-state index contributed by atoms with van der Waals surface area (Å²) in [5.41, 5.74) is 12.1. The van der Waals surface area contributed by atoms with Crippen molar-refractivity contribution < 1.29 is 4.42 Å². The van der Waals surface area contributed by atoms with Crippen molar-refractivity contribution in [1.29, 1.82) is 0 Å². The fourth-order valence-electron chi connectivity index (χ4n) is 7.73. The molecular formula is C50H33NO. The van der Waals surface area contributed by atoms with Crippen molar-refractivity contribution in [3.63, 3.8) is 0 Å². The monoisotopic (exact) mass is 663 g/mol. The van der Waals surface area contributed by atoms with E-state index in [1.54, 1.807) is 0 Å². The molecule has 9 aromatic carbocycles. The van der Waals surface area contributed by atoms with Crippen molar-refractivity contribution in [2.45, 2.75) is 0 Å². The molecule has 1 heterocycles. The highest BCUT2D eigenvalue weighted by Crippen LogP contribution is 2.44. The van der Waals surface area contributed by atoms with Gasteiger partial charge < -0.3 is 9.32 Å². The Morgan fingerprint density at radius 3 is 1.60 bits per heavy atom. The van der Waals surface area contributed by atoms with Gasteiger partial charge in [-0.15, -0.1) is 0 Å². The molecule has 0 bridgehead atoms. The van der Waals surface area contributed by atoms with Crippen molar-refractivity contribution in [1.82, 2.24) is 0 Å². The van der Waals surface area contributed by atoms with E-state index >= 15 is 0 Å². The highest BCUT2D eigenvalue weighted by atomic mass is 16.3. The van der Waals surface area contributed by atoms with Gasteiger partial charge in [0.25, 0.3) is 0 Å². The largest absolute Gasteiger partial charge is 0.455 e. The lowest BCUT2D eigenvalue weighted by molar-refractivity contribution is 0.673. The van der Waals surface area contributed by atoms with Gasteiger partial charge in [0, 0.05) is 39.3 Å². The molecule has 10 rings (SSSR count). The van der Waals surface area contributed by atoms with E-state index in [1.165, 1.54) is 49.5 Å². The second kappa shape index (κ2) is 12.5. The number of hydrogen-bond acceptors (Lipinski definition) is 2. The van der Waals surface area contributed by atoms with Gasteiger partial charge in [-0.3, -0.25) is 0 Å². The van der Waals surface area contributed by atoms with E-state index in [4.69, 9.17) is 4.42 Å². The highest BCUT2D eigenvalue weighted by molar-refractivity contribution is 6.21. The van der Waals surface area contributed by atoms with Crippen LogP contribution in [-0.2, 0) is 0 Å². The Labute approximate surface area is 302 Å². The Morgan fingerprint density at radius 1 is 0.327 bits per heavy atom. The number of fused-ring (bicyclic) bond motifs is 6. The maximum absolute atomic E-state index is 6.86. The molecule has 1 aromatic heterocycles. The van der Waals surface area contributed by atoms with Crippen LogP contribution in [0.25, 0.3) is 76.9 Å². The Balaban J connectivity index is 1.14. The summed E-state index contributed by atoms with van der Waals surface area (Å²) < 4.78 is 6.86. The molecule has 10 aromatic rings. The van der Waals surface area contributed by atoms with Crippen molar-refractivity contribution in [3.8, 4) is 33.4 Å². The third kappa shape index (κ3) is 5.12. The van der Waals surface area contributed by atoms with Gasteiger partial charge in [-0.05, 0) is 92.0 Å². The molecule has 52 heavy (non-hydrogen) atoms. The van der Waals surface area contributed by atoms with E-state index in [0.717, 1.165) is 44.4 Å². The first-order valence-corrected chi connectivity index (χ1v) is 17.8.